The van der Waals surface area contributed by atoms with Crippen molar-refractivity contribution in [3.8, 4) is 0 Å². The van der Waals surface area contributed by atoms with Gasteiger partial charge < -0.3 is 9.84 Å². The first kappa shape index (κ1) is 11.5. The van der Waals surface area contributed by atoms with Gasteiger partial charge in [0.1, 0.15) is 5.76 Å². The lowest BCUT2D eigenvalue weighted by molar-refractivity contribution is -0.0168. The average Bonchev–Trinajstić information content (AvgIpc) is 2.73. The molecule has 4 bridgehead atoms. The molecule has 4 saturated carbocycles. The maximum Gasteiger partial charge on any atom is 0.273 e. The Morgan fingerprint density at radius 1 is 1.26 bits per heavy atom. The highest BCUT2D eigenvalue weighted by Gasteiger charge is 2.51. The molecule has 1 amide bonds. The van der Waals surface area contributed by atoms with E-state index in [-0.39, 0.29) is 11.4 Å². The number of rotatable bonds is 2. The van der Waals surface area contributed by atoms with E-state index in [0.717, 1.165) is 17.8 Å². The van der Waals surface area contributed by atoms with Gasteiger partial charge in [-0.15, -0.1) is 0 Å². The standard InChI is InChI=1S/C15H20N2O2/c1-9-2-13(17-19-9)14(18)16-15-6-10-3-11(7-15)5-12(4-10)8-15/h2,10-12H,3-8H2,1H3,(H,16,18). The van der Waals surface area contributed by atoms with E-state index in [2.05, 4.69) is 10.5 Å². The maximum absolute atomic E-state index is 12.3. The van der Waals surface area contributed by atoms with Gasteiger partial charge in [0.05, 0.1) is 0 Å². The van der Waals surface area contributed by atoms with Crippen molar-refractivity contribution in [3.05, 3.63) is 17.5 Å². The van der Waals surface area contributed by atoms with Crippen LogP contribution < -0.4 is 5.32 Å². The van der Waals surface area contributed by atoms with Gasteiger partial charge in [-0.05, 0) is 63.2 Å². The van der Waals surface area contributed by atoms with Gasteiger partial charge in [-0.1, -0.05) is 5.16 Å². The van der Waals surface area contributed by atoms with Crippen molar-refractivity contribution in [2.75, 3.05) is 0 Å². The highest BCUT2D eigenvalue weighted by Crippen LogP contribution is 2.55. The fraction of sp³-hybridized carbons (Fsp3) is 0.733. The van der Waals surface area contributed by atoms with Crippen molar-refractivity contribution in [2.45, 2.75) is 51.0 Å². The Hall–Kier alpha value is -1.32. The van der Waals surface area contributed by atoms with Gasteiger partial charge in [0.15, 0.2) is 5.69 Å². The minimum atomic E-state index is -0.0567. The molecule has 0 saturated heterocycles. The molecule has 1 N–H and O–H groups in total. The first-order valence-corrected chi connectivity index (χ1v) is 7.38. The quantitative estimate of drug-likeness (QED) is 0.889. The predicted octanol–water partition coefficient (Wildman–Crippen LogP) is 2.68. The third-order valence-corrected chi connectivity index (χ3v) is 5.28. The molecular formula is C15H20N2O2. The van der Waals surface area contributed by atoms with Crippen LogP contribution in [0.15, 0.2) is 10.6 Å². The average molecular weight is 260 g/mol. The topological polar surface area (TPSA) is 55.1 Å². The van der Waals surface area contributed by atoms with Gasteiger partial charge in [-0.25, -0.2) is 0 Å². The normalized spacial score (nSPS) is 39.5. The molecule has 0 spiro atoms. The Balaban J connectivity index is 1.54. The highest BCUT2D eigenvalue weighted by molar-refractivity contribution is 5.92. The second-order valence-electron chi connectivity index (χ2n) is 6.97. The molecule has 5 rings (SSSR count). The monoisotopic (exact) mass is 260 g/mol. The summed E-state index contributed by atoms with van der Waals surface area (Å²) in [6.45, 7) is 1.81. The second-order valence-corrected chi connectivity index (χ2v) is 6.97. The molecule has 1 heterocycles. The lowest BCUT2D eigenvalue weighted by atomic mass is 9.53. The Bertz CT molecular complexity index is 485. The van der Waals surface area contributed by atoms with Crippen LogP contribution in [-0.2, 0) is 0 Å². The number of aromatic nitrogens is 1. The van der Waals surface area contributed by atoms with Crippen LogP contribution in [0.3, 0.4) is 0 Å². The summed E-state index contributed by atoms with van der Waals surface area (Å²) >= 11 is 0. The number of nitrogens with one attached hydrogen (secondary N) is 1. The highest BCUT2D eigenvalue weighted by atomic mass is 16.5. The van der Waals surface area contributed by atoms with Gasteiger partial charge in [-0.3, -0.25) is 4.79 Å². The predicted molar refractivity (Wildman–Crippen MR) is 69.6 cm³/mol. The summed E-state index contributed by atoms with van der Waals surface area (Å²) in [5.74, 6) is 3.15. The van der Waals surface area contributed by atoms with E-state index in [1.54, 1.807) is 6.07 Å². The van der Waals surface area contributed by atoms with E-state index < -0.39 is 0 Å². The largest absolute Gasteiger partial charge is 0.361 e. The minimum absolute atomic E-state index is 0.0543. The van der Waals surface area contributed by atoms with E-state index >= 15 is 0 Å². The molecular weight excluding hydrogens is 240 g/mol. The minimum Gasteiger partial charge on any atom is -0.361 e. The van der Waals surface area contributed by atoms with Crippen LogP contribution in [0.25, 0.3) is 0 Å². The molecule has 19 heavy (non-hydrogen) atoms. The third-order valence-electron chi connectivity index (χ3n) is 5.28. The van der Waals surface area contributed by atoms with Crippen molar-refractivity contribution < 1.29 is 9.32 Å². The fourth-order valence-electron chi connectivity index (χ4n) is 5.04. The summed E-state index contributed by atoms with van der Waals surface area (Å²) in [4.78, 5) is 12.3. The molecule has 4 aliphatic rings. The van der Waals surface area contributed by atoms with Crippen LogP contribution in [0, 0.1) is 24.7 Å². The van der Waals surface area contributed by atoms with E-state index in [1.165, 1.54) is 38.5 Å². The Kier molecular flexibility index (Phi) is 2.32. The molecule has 0 aromatic carbocycles. The summed E-state index contributed by atoms with van der Waals surface area (Å²) in [7, 11) is 0. The number of aryl methyl sites for hydroxylation is 1. The Morgan fingerprint density at radius 2 is 1.84 bits per heavy atom. The third kappa shape index (κ3) is 1.88. The van der Waals surface area contributed by atoms with E-state index in [4.69, 9.17) is 4.52 Å². The number of hydrogen-bond donors (Lipinski definition) is 1. The summed E-state index contributed by atoms with van der Waals surface area (Å²) in [6.07, 6.45) is 7.67. The number of amides is 1. The first-order valence-electron chi connectivity index (χ1n) is 7.38. The van der Waals surface area contributed by atoms with Gasteiger partial charge in [-0.2, -0.15) is 0 Å². The zero-order valence-corrected chi connectivity index (χ0v) is 11.3. The van der Waals surface area contributed by atoms with Crippen molar-refractivity contribution >= 4 is 5.91 Å². The maximum atomic E-state index is 12.3. The van der Waals surface area contributed by atoms with Crippen LogP contribution in [-0.4, -0.2) is 16.6 Å². The molecule has 1 aromatic heterocycles. The number of nitrogens with zero attached hydrogens (tertiary/aromatic N) is 1. The van der Waals surface area contributed by atoms with Crippen molar-refractivity contribution in [1.29, 1.82) is 0 Å². The van der Waals surface area contributed by atoms with Gasteiger partial charge in [0.25, 0.3) is 5.91 Å². The lowest BCUT2D eigenvalue weighted by Crippen LogP contribution is -2.59. The summed E-state index contributed by atoms with van der Waals surface area (Å²) < 4.78 is 5.00. The van der Waals surface area contributed by atoms with E-state index in [0.29, 0.717) is 11.5 Å². The van der Waals surface area contributed by atoms with E-state index in [1.807, 2.05) is 6.92 Å². The number of carbonyl (C=O) groups is 1. The molecule has 1 aromatic rings. The van der Waals surface area contributed by atoms with Crippen LogP contribution in [0.2, 0.25) is 0 Å². The number of hydrogen-bond acceptors (Lipinski definition) is 3. The Labute approximate surface area is 112 Å². The SMILES string of the molecule is Cc1cc(C(=O)NC23CC4CC(CC(C4)C2)C3)no1. The van der Waals surface area contributed by atoms with Gasteiger partial charge >= 0.3 is 0 Å². The molecule has 0 radical (unpaired) electrons. The zero-order chi connectivity index (χ0) is 13.0. The lowest BCUT2D eigenvalue weighted by Gasteiger charge is -2.56. The zero-order valence-electron chi connectivity index (χ0n) is 11.3. The van der Waals surface area contributed by atoms with Crippen LogP contribution >= 0.6 is 0 Å². The molecule has 0 unspecified atom stereocenters. The number of carbonyl (C=O) groups excluding carboxylic acids is 1. The van der Waals surface area contributed by atoms with Crippen molar-refractivity contribution in [1.82, 2.24) is 10.5 Å². The van der Waals surface area contributed by atoms with Crippen molar-refractivity contribution in [2.24, 2.45) is 17.8 Å². The molecule has 4 aliphatic carbocycles. The van der Waals surface area contributed by atoms with Crippen LogP contribution in [0.4, 0.5) is 0 Å². The summed E-state index contributed by atoms with van der Waals surface area (Å²) in [5.41, 5.74) is 0.479. The van der Waals surface area contributed by atoms with E-state index in [9.17, 15) is 4.79 Å². The molecule has 102 valence electrons. The first-order chi connectivity index (χ1) is 9.12. The molecule has 4 heteroatoms. The Morgan fingerprint density at radius 3 is 2.32 bits per heavy atom. The summed E-state index contributed by atoms with van der Waals surface area (Å²) in [5, 5.41) is 7.12. The van der Waals surface area contributed by atoms with Gasteiger partial charge in [0.2, 0.25) is 0 Å². The van der Waals surface area contributed by atoms with Crippen LogP contribution in [0.5, 0.6) is 0 Å². The van der Waals surface area contributed by atoms with Crippen molar-refractivity contribution in [3.63, 3.8) is 0 Å². The fourth-order valence-corrected chi connectivity index (χ4v) is 5.04. The molecule has 4 nitrogen and oxygen atoms in total. The smallest absolute Gasteiger partial charge is 0.273 e. The second kappa shape index (κ2) is 3.84. The molecule has 4 fully saturated rings. The molecule has 0 aliphatic heterocycles. The van der Waals surface area contributed by atoms with Gasteiger partial charge in [0, 0.05) is 11.6 Å². The molecule has 0 atom stereocenters. The van der Waals surface area contributed by atoms with Crippen LogP contribution in [0.1, 0.15) is 54.8 Å². The summed E-state index contributed by atoms with van der Waals surface area (Å²) in [6, 6.07) is 1.72.